The molecule has 0 saturated heterocycles. The van der Waals surface area contributed by atoms with Crippen molar-refractivity contribution in [3.8, 4) is 5.75 Å². The number of carbonyl (C=O) groups excluding carboxylic acids is 1. The fourth-order valence-electron chi connectivity index (χ4n) is 3.21. The van der Waals surface area contributed by atoms with Gasteiger partial charge in [-0.2, -0.15) is 0 Å². The summed E-state index contributed by atoms with van der Waals surface area (Å²) in [5.41, 5.74) is 2.80. The molecule has 0 atom stereocenters. The number of carbonyl (C=O) groups is 1. The molecule has 27 heavy (non-hydrogen) atoms. The minimum atomic E-state index is -0.536. The van der Waals surface area contributed by atoms with Crippen LogP contribution in [0.25, 0.3) is 16.8 Å². The van der Waals surface area contributed by atoms with E-state index in [1.807, 2.05) is 54.6 Å². The van der Waals surface area contributed by atoms with E-state index in [-0.39, 0.29) is 69.4 Å². The van der Waals surface area contributed by atoms with Gasteiger partial charge in [-0.05, 0) is 36.6 Å². The standard InChI is InChI=1S/C21H19NO4.K/c1-2-25-21(24)18-11-16-10-15-8-9-17(12-19(15)22(16)20(18)23)26-13-14-6-4-3-5-7-14;/h3-10,12,23H,2,11,13H2,1H3;/q;+1/p-1. The number of hydrogen-bond acceptors (Lipinski definition) is 4. The van der Waals surface area contributed by atoms with Crippen LogP contribution in [0.1, 0.15) is 18.2 Å². The number of benzene rings is 2. The third-order valence-electron chi connectivity index (χ3n) is 4.44. The molecule has 4 rings (SSSR count). The van der Waals surface area contributed by atoms with Crippen LogP contribution < -0.4 is 61.2 Å². The number of hydrogen-bond donors (Lipinski definition) is 0. The van der Waals surface area contributed by atoms with Gasteiger partial charge in [-0.1, -0.05) is 30.3 Å². The maximum absolute atomic E-state index is 12.7. The maximum atomic E-state index is 12.7. The van der Waals surface area contributed by atoms with Crippen molar-refractivity contribution in [3.63, 3.8) is 0 Å². The number of ether oxygens (including phenoxy) is 2. The number of esters is 1. The Hall–Kier alpha value is -1.57. The summed E-state index contributed by atoms with van der Waals surface area (Å²) in [6, 6.07) is 17.5. The van der Waals surface area contributed by atoms with E-state index in [2.05, 4.69) is 0 Å². The van der Waals surface area contributed by atoms with E-state index in [9.17, 15) is 9.90 Å². The summed E-state index contributed by atoms with van der Waals surface area (Å²) in [7, 11) is 0. The largest absolute Gasteiger partial charge is 1.00 e. The van der Waals surface area contributed by atoms with Gasteiger partial charge in [0.05, 0.1) is 17.7 Å². The average Bonchev–Trinajstić information content (AvgIpc) is 3.17. The molecule has 0 N–H and O–H groups in total. The van der Waals surface area contributed by atoms with E-state index in [4.69, 9.17) is 9.47 Å². The second-order valence-corrected chi connectivity index (χ2v) is 6.15. The van der Waals surface area contributed by atoms with Gasteiger partial charge in [-0.25, -0.2) is 4.79 Å². The van der Waals surface area contributed by atoms with Crippen molar-refractivity contribution in [2.24, 2.45) is 0 Å². The molecule has 6 heteroatoms. The van der Waals surface area contributed by atoms with Crippen LogP contribution in [0.15, 0.2) is 60.2 Å². The van der Waals surface area contributed by atoms with E-state index >= 15 is 0 Å². The van der Waals surface area contributed by atoms with Crippen LogP contribution in [-0.4, -0.2) is 17.1 Å². The first-order valence-electron chi connectivity index (χ1n) is 8.56. The fourth-order valence-corrected chi connectivity index (χ4v) is 3.21. The smallest absolute Gasteiger partial charge is 0.859 e. The molecule has 0 aliphatic carbocycles. The second kappa shape index (κ2) is 8.62. The number of fused-ring (bicyclic) bond motifs is 3. The summed E-state index contributed by atoms with van der Waals surface area (Å²) in [6.07, 6.45) is 0.298. The van der Waals surface area contributed by atoms with Gasteiger partial charge in [0.25, 0.3) is 0 Å². The van der Waals surface area contributed by atoms with Gasteiger partial charge in [0, 0.05) is 23.6 Å². The van der Waals surface area contributed by atoms with Crippen LogP contribution in [0.3, 0.4) is 0 Å². The van der Waals surface area contributed by atoms with Crippen LogP contribution in [0.2, 0.25) is 0 Å². The van der Waals surface area contributed by atoms with Crippen molar-refractivity contribution in [1.29, 1.82) is 0 Å². The molecule has 0 saturated carbocycles. The summed E-state index contributed by atoms with van der Waals surface area (Å²) in [4.78, 5) is 12.0. The molecular formula is C21H18KNO4. The summed E-state index contributed by atoms with van der Waals surface area (Å²) in [6.45, 7) is 2.43. The van der Waals surface area contributed by atoms with Crippen molar-refractivity contribution >= 4 is 22.8 Å². The molecular weight excluding hydrogens is 369 g/mol. The average molecular weight is 387 g/mol. The van der Waals surface area contributed by atoms with Gasteiger partial charge in [-0.3, -0.25) is 0 Å². The molecule has 2 aromatic carbocycles. The number of rotatable bonds is 5. The Morgan fingerprint density at radius 2 is 1.93 bits per heavy atom. The fraction of sp³-hybridized carbons (Fsp3) is 0.190. The van der Waals surface area contributed by atoms with Crippen LogP contribution >= 0.6 is 0 Å². The van der Waals surface area contributed by atoms with Gasteiger partial charge in [-0.15, -0.1) is 0 Å². The van der Waals surface area contributed by atoms with Gasteiger partial charge in [0.2, 0.25) is 0 Å². The van der Waals surface area contributed by atoms with Crippen molar-refractivity contribution < 1.29 is 70.8 Å². The van der Waals surface area contributed by atoms with E-state index < -0.39 is 5.97 Å². The summed E-state index contributed by atoms with van der Waals surface area (Å²) < 4.78 is 12.4. The van der Waals surface area contributed by atoms with Crippen molar-refractivity contribution in [2.75, 3.05) is 6.61 Å². The monoisotopic (exact) mass is 387 g/mol. The molecule has 1 aromatic heterocycles. The summed E-state index contributed by atoms with van der Waals surface area (Å²) in [5, 5.41) is 13.6. The molecule has 0 bridgehead atoms. The molecule has 0 amide bonds. The molecule has 132 valence electrons. The summed E-state index contributed by atoms with van der Waals surface area (Å²) in [5.74, 6) is -0.167. The van der Waals surface area contributed by atoms with Crippen LogP contribution in [0.5, 0.6) is 5.75 Å². The Morgan fingerprint density at radius 3 is 2.67 bits per heavy atom. The van der Waals surface area contributed by atoms with Crippen LogP contribution in [0, 0.1) is 0 Å². The van der Waals surface area contributed by atoms with Gasteiger partial charge >= 0.3 is 57.4 Å². The Kier molecular flexibility index (Phi) is 6.44. The zero-order chi connectivity index (χ0) is 18.1. The quantitative estimate of drug-likeness (QED) is 0.452. The minimum absolute atomic E-state index is 0. The first-order valence-corrected chi connectivity index (χ1v) is 8.56. The van der Waals surface area contributed by atoms with E-state index in [1.54, 1.807) is 11.5 Å². The predicted molar refractivity (Wildman–Crippen MR) is 96.3 cm³/mol. The van der Waals surface area contributed by atoms with Crippen molar-refractivity contribution in [1.82, 2.24) is 4.57 Å². The van der Waals surface area contributed by atoms with E-state index in [0.29, 0.717) is 18.8 Å². The zero-order valence-electron chi connectivity index (χ0n) is 15.4. The molecule has 0 unspecified atom stereocenters. The molecule has 0 fully saturated rings. The Morgan fingerprint density at radius 1 is 1.15 bits per heavy atom. The van der Waals surface area contributed by atoms with Gasteiger partial charge < -0.3 is 19.1 Å². The molecule has 0 spiro atoms. The molecule has 3 aromatic rings. The molecule has 5 nitrogen and oxygen atoms in total. The maximum Gasteiger partial charge on any atom is 1.00 e. The molecule has 2 heterocycles. The molecule has 1 aliphatic rings. The van der Waals surface area contributed by atoms with E-state index in [0.717, 1.165) is 22.2 Å². The van der Waals surface area contributed by atoms with E-state index in [1.165, 1.54) is 0 Å². The minimum Gasteiger partial charge on any atom is -0.859 e. The van der Waals surface area contributed by atoms with Gasteiger partial charge in [0.15, 0.2) is 0 Å². The number of nitrogens with zero attached hydrogens (tertiary/aromatic N) is 1. The third kappa shape index (κ3) is 4.00. The molecule has 1 aliphatic heterocycles. The predicted octanol–water partition coefficient (Wildman–Crippen LogP) is -0.128. The Bertz CT molecular complexity index is 1010. The topological polar surface area (TPSA) is 63.5 Å². The van der Waals surface area contributed by atoms with Crippen LogP contribution in [0.4, 0.5) is 0 Å². The van der Waals surface area contributed by atoms with Gasteiger partial charge in [0.1, 0.15) is 12.4 Å². The number of aromatic nitrogens is 1. The second-order valence-electron chi connectivity index (χ2n) is 6.15. The molecule has 0 radical (unpaired) electrons. The first-order chi connectivity index (χ1) is 12.7. The third-order valence-corrected chi connectivity index (χ3v) is 4.44. The summed E-state index contributed by atoms with van der Waals surface area (Å²) >= 11 is 0. The van der Waals surface area contributed by atoms with Crippen molar-refractivity contribution in [2.45, 2.75) is 20.0 Å². The van der Waals surface area contributed by atoms with Crippen molar-refractivity contribution in [3.05, 3.63) is 71.4 Å². The zero-order valence-corrected chi connectivity index (χ0v) is 18.5. The Balaban J connectivity index is 0.00000210. The first kappa shape index (κ1) is 20.2. The Labute approximate surface area is 200 Å². The van der Waals surface area contributed by atoms with Crippen LogP contribution in [-0.2, 0) is 22.6 Å². The SMILES string of the molecule is CCOC(=O)C1=C([O-])n2c(cc3ccc(OCc4ccccc4)cc32)C1.[K+]. The normalized spacial score (nSPS) is 12.6.